The van der Waals surface area contributed by atoms with Crippen LogP contribution in [-0.2, 0) is 39.1 Å². The summed E-state index contributed by atoms with van der Waals surface area (Å²) in [5.41, 5.74) is 4.01. The van der Waals surface area contributed by atoms with Gasteiger partial charge in [-0.3, -0.25) is 19.5 Å². The Hall–Kier alpha value is -2.53. The summed E-state index contributed by atoms with van der Waals surface area (Å²) >= 11 is 3.46. The molecule has 19 heteroatoms. The molecule has 0 aliphatic rings. The molecular formula is C24H24BrCl2N7O8Zn. The molecule has 0 saturated carbocycles. The first-order valence-corrected chi connectivity index (χ1v) is 14.7. The number of aromatic nitrogens is 5. The van der Waals surface area contributed by atoms with E-state index in [4.69, 9.17) is 42.5 Å². The predicted molar refractivity (Wildman–Crippen MR) is 127 cm³/mol. The second kappa shape index (κ2) is 21.2. The van der Waals surface area contributed by atoms with Gasteiger partial charge in [-0.2, -0.15) is 5.26 Å². The van der Waals surface area contributed by atoms with Gasteiger partial charge in [0.2, 0.25) is 0 Å². The fraction of sp³-hybridized carbons (Fsp3) is 0.208. The first-order valence-electron chi connectivity index (χ1n) is 11.4. The van der Waals surface area contributed by atoms with Crippen molar-refractivity contribution < 1.29 is 77.2 Å². The van der Waals surface area contributed by atoms with Crippen LogP contribution in [0.4, 0.5) is 0 Å². The van der Waals surface area contributed by atoms with Crippen LogP contribution in [0.25, 0.3) is 11.3 Å². The molecule has 0 saturated heterocycles. The van der Waals surface area contributed by atoms with Crippen molar-refractivity contribution >= 4 is 15.9 Å². The van der Waals surface area contributed by atoms with E-state index in [0.29, 0.717) is 0 Å². The third kappa shape index (κ3) is 22.6. The van der Waals surface area contributed by atoms with E-state index in [0.717, 1.165) is 53.3 Å². The third-order valence-corrected chi connectivity index (χ3v) is 5.08. The minimum absolute atomic E-state index is 0. The van der Waals surface area contributed by atoms with Crippen LogP contribution >= 0.6 is 15.9 Å². The molecule has 4 aromatic rings. The SMILES string of the molecule is Brc1ccc(-c2cn(CCN(Cc3ccccn3)Cc3ccccn3)nn2)cc1.CC#N.[O-][Cl+3]([O-])([O-])[O-].[O-][Cl+3]([O-])([O-])[O-].[Zn+2]. The first kappa shape index (κ1) is 40.5. The van der Waals surface area contributed by atoms with Gasteiger partial charge in [0.15, 0.2) is 0 Å². The molecular weight excluding hydrogens is 731 g/mol. The molecule has 0 bridgehead atoms. The summed E-state index contributed by atoms with van der Waals surface area (Å²) in [4.78, 5) is 11.3. The zero-order valence-corrected chi connectivity index (χ0v) is 28.6. The number of pyridine rings is 2. The molecule has 226 valence electrons. The van der Waals surface area contributed by atoms with Crippen molar-refractivity contribution in [3.05, 3.63) is 95.1 Å². The fourth-order valence-electron chi connectivity index (χ4n) is 3.06. The molecule has 0 radical (unpaired) electrons. The average molecular weight is 755 g/mol. The van der Waals surface area contributed by atoms with Crippen molar-refractivity contribution in [3.8, 4) is 17.3 Å². The largest absolute Gasteiger partial charge is 2.00 e. The van der Waals surface area contributed by atoms with Crippen molar-refractivity contribution in [2.75, 3.05) is 6.54 Å². The van der Waals surface area contributed by atoms with Gasteiger partial charge in [0.25, 0.3) is 0 Å². The van der Waals surface area contributed by atoms with Gasteiger partial charge in [-0.15, -0.1) is 25.6 Å². The van der Waals surface area contributed by atoms with Crippen LogP contribution in [0, 0.1) is 31.8 Å². The standard InChI is InChI=1S/C22H21BrN6.C2H3N.2ClHO4.Zn/c23-19-9-7-18(8-10-19)22-17-29(27-26-22)14-13-28(15-20-5-1-3-11-24-20)16-21-6-2-4-12-25-21;1-2-3;2*2-1(3,4)5;/h1-12,17H,13-16H2;1H3;2*(H,2,3,4,5);/q;;;;+2/p-2. The normalized spacial score (nSPS) is 10.5. The van der Waals surface area contributed by atoms with Gasteiger partial charge in [0.05, 0.1) is 30.2 Å². The minimum Gasteiger partial charge on any atom is -0.290 e. The third-order valence-electron chi connectivity index (χ3n) is 4.55. The summed E-state index contributed by atoms with van der Waals surface area (Å²) in [5, 5.41) is 15.9. The number of hydrogen-bond acceptors (Lipinski definition) is 14. The topological polar surface area (TPSA) is 268 Å². The van der Waals surface area contributed by atoms with Gasteiger partial charge in [-0.05, 0) is 36.4 Å². The zero-order chi connectivity index (χ0) is 31.6. The Morgan fingerprint density at radius 1 is 0.814 bits per heavy atom. The van der Waals surface area contributed by atoms with Crippen LogP contribution in [0.2, 0.25) is 0 Å². The molecule has 0 fully saturated rings. The second-order valence-electron chi connectivity index (χ2n) is 7.71. The van der Waals surface area contributed by atoms with Crippen molar-refractivity contribution in [2.24, 2.45) is 0 Å². The summed E-state index contributed by atoms with van der Waals surface area (Å²) in [5.74, 6) is 0. The molecule has 4 rings (SSSR count). The molecule has 15 nitrogen and oxygen atoms in total. The number of hydrogen-bond donors (Lipinski definition) is 0. The average Bonchev–Trinajstić information content (AvgIpc) is 3.37. The van der Waals surface area contributed by atoms with E-state index in [1.165, 1.54) is 6.92 Å². The molecule has 43 heavy (non-hydrogen) atoms. The van der Waals surface area contributed by atoms with Crippen LogP contribution in [0.5, 0.6) is 0 Å². The smallest absolute Gasteiger partial charge is 0.290 e. The number of nitriles is 1. The molecule has 0 aliphatic heterocycles. The summed E-state index contributed by atoms with van der Waals surface area (Å²) in [6, 6.07) is 21.8. The van der Waals surface area contributed by atoms with E-state index >= 15 is 0 Å². The van der Waals surface area contributed by atoms with Gasteiger partial charge in [-0.1, -0.05) is 45.4 Å². The summed E-state index contributed by atoms with van der Waals surface area (Å²) < 4.78 is 70.9. The Balaban J connectivity index is 0.00000107. The Morgan fingerprint density at radius 2 is 1.26 bits per heavy atom. The molecule has 0 spiro atoms. The van der Waals surface area contributed by atoms with E-state index in [-0.39, 0.29) is 19.5 Å². The van der Waals surface area contributed by atoms with Gasteiger partial charge >= 0.3 is 19.5 Å². The van der Waals surface area contributed by atoms with Crippen molar-refractivity contribution in [1.29, 1.82) is 5.26 Å². The Bertz CT molecular complexity index is 1260. The van der Waals surface area contributed by atoms with E-state index in [1.54, 1.807) is 6.07 Å². The molecule has 3 heterocycles. The quantitative estimate of drug-likeness (QED) is 0.153. The summed E-state index contributed by atoms with van der Waals surface area (Å²) in [6.45, 7) is 4.50. The van der Waals surface area contributed by atoms with Crippen molar-refractivity contribution in [1.82, 2.24) is 29.9 Å². The number of benzene rings is 1. The minimum atomic E-state index is -4.94. The number of rotatable bonds is 8. The first-order chi connectivity index (χ1) is 19.7. The second-order valence-corrected chi connectivity index (χ2v) is 10.1. The van der Waals surface area contributed by atoms with Gasteiger partial charge in [-0.25, -0.2) is 37.3 Å². The van der Waals surface area contributed by atoms with Crippen LogP contribution in [0.1, 0.15) is 18.3 Å². The van der Waals surface area contributed by atoms with E-state index in [1.807, 2.05) is 83.9 Å². The van der Waals surface area contributed by atoms with Crippen LogP contribution in [0.3, 0.4) is 0 Å². The van der Waals surface area contributed by atoms with E-state index in [2.05, 4.69) is 41.1 Å². The van der Waals surface area contributed by atoms with Crippen LogP contribution in [-0.4, -0.2) is 36.4 Å². The maximum atomic E-state index is 8.49. The Morgan fingerprint density at radius 3 is 1.65 bits per heavy atom. The van der Waals surface area contributed by atoms with E-state index < -0.39 is 20.5 Å². The Labute approximate surface area is 272 Å². The van der Waals surface area contributed by atoms with Crippen molar-refractivity contribution in [2.45, 2.75) is 26.6 Å². The van der Waals surface area contributed by atoms with Crippen LogP contribution in [0.15, 0.2) is 83.7 Å². The zero-order valence-electron chi connectivity index (χ0n) is 22.6. The maximum absolute atomic E-state index is 8.49. The monoisotopic (exact) mass is 751 g/mol. The molecule has 0 aliphatic carbocycles. The molecule has 0 N–H and O–H groups in total. The maximum Gasteiger partial charge on any atom is 2.00 e. The molecule has 1 aromatic carbocycles. The van der Waals surface area contributed by atoms with Crippen LogP contribution < -0.4 is 37.3 Å². The predicted octanol–water partition coefficient (Wildman–Crippen LogP) is -4.78. The van der Waals surface area contributed by atoms with Gasteiger partial charge < -0.3 is 0 Å². The van der Waals surface area contributed by atoms with Gasteiger partial charge in [0, 0.05) is 49.0 Å². The molecule has 0 amide bonds. The number of nitrogens with zero attached hydrogens (tertiary/aromatic N) is 7. The van der Waals surface area contributed by atoms with E-state index in [9.17, 15) is 0 Å². The molecule has 0 unspecified atom stereocenters. The summed E-state index contributed by atoms with van der Waals surface area (Å²) in [7, 11) is -9.89. The fourth-order valence-corrected chi connectivity index (χ4v) is 3.32. The van der Waals surface area contributed by atoms with Gasteiger partial charge in [0.1, 0.15) is 5.69 Å². The molecule has 3 aromatic heterocycles. The Kier molecular flexibility index (Phi) is 20.0. The summed E-state index contributed by atoms with van der Waals surface area (Å²) in [6.07, 6.45) is 5.65. The number of halogens is 3. The van der Waals surface area contributed by atoms with Crippen molar-refractivity contribution in [3.63, 3.8) is 0 Å². The molecule has 0 atom stereocenters.